The monoisotopic (exact) mass is 303 g/mol. The van der Waals surface area contributed by atoms with Gasteiger partial charge < -0.3 is 0 Å². The van der Waals surface area contributed by atoms with Crippen LogP contribution in [0.25, 0.3) is 0 Å². The highest BCUT2D eigenvalue weighted by atomic mass is 79.9. The van der Waals surface area contributed by atoms with Crippen molar-refractivity contribution in [1.82, 2.24) is 4.90 Å². The first-order valence-corrected chi connectivity index (χ1v) is 6.92. The zero-order chi connectivity index (χ0) is 13.0. The van der Waals surface area contributed by atoms with E-state index >= 15 is 0 Å². The van der Waals surface area contributed by atoms with E-state index in [4.69, 9.17) is 0 Å². The maximum absolute atomic E-state index is 3.60. The molecule has 18 heavy (non-hydrogen) atoms. The second kappa shape index (κ2) is 6.17. The lowest BCUT2D eigenvalue weighted by atomic mass is 10.1. The van der Waals surface area contributed by atoms with Crippen molar-refractivity contribution in [1.29, 1.82) is 0 Å². The van der Waals surface area contributed by atoms with Crippen LogP contribution >= 0.6 is 15.9 Å². The summed E-state index contributed by atoms with van der Waals surface area (Å²) in [4.78, 5) is 2.34. The van der Waals surface area contributed by atoms with Gasteiger partial charge in [0.1, 0.15) is 0 Å². The van der Waals surface area contributed by atoms with Gasteiger partial charge in [-0.25, -0.2) is 0 Å². The number of halogens is 1. The molecule has 0 heterocycles. The Balaban J connectivity index is 2.04. The third-order valence-corrected chi connectivity index (χ3v) is 3.87. The highest BCUT2D eigenvalue weighted by Crippen LogP contribution is 2.18. The first kappa shape index (κ1) is 13.3. The van der Waals surface area contributed by atoms with Crippen LogP contribution in [0.4, 0.5) is 0 Å². The number of rotatable bonds is 4. The molecule has 0 aliphatic heterocycles. The average Bonchev–Trinajstić information content (AvgIpc) is 2.35. The van der Waals surface area contributed by atoms with Gasteiger partial charge in [-0.2, -0.15) is 0 Å². The maximum Gasteiger partial charge on any atom is 0.0245 e. The average molecular weight is 304 g/mol. The van der Waals surface area contributed by atoms with Crippen molar-refractivity contribution in [3.8, 4) is 0 Å². The predicted molar refractivity (Wildman–Crippen MR) is 80.5 cm³/mol. The molecule has 2 aromatic rings. The van der Waals surface area contributed by atoms with E-state index in [0.29, 0.717) is 0 Å². The van der Waals surface area contributed by atoms with Crippen LogP contribution in [0, 0.1) is 6.92 Å². The van der Waals surface area contributed by atoms with Gasteiger partial charge in [-0.05, 0) is 36.7 Å². The Morgan fingerprint density at radius 3 is 2.11 bits per heavy atom. The van der Waals surface area contributed by atoms with Crippen molar-refractivity contribution in [2.45, 2.75) is 20.0 Å². The molecular weight excluding hydrogens is 286 g/mol. The van der Waals surface area contributed by atoms with Crippen molar-refractivity contribution >= 4 is 15.9 Å². The molecule has 0 aliphatic carbocycles. The van der Waals surface area contributed by atoms with Crippen LogP contribution in [0.15, 0.2) is 53.0 Å². The summed E-state index contributed by atoms with van der Waals surface area (Å²) in [7, 11) is 2.16. The smallest absolute Gasteiger partial charge is 0.0245 e. The quantitative estimate of drug-likeness (QED) is 0.810. The van der Waals surface area contributed by atoms with Gasteiger partial charge in [0.05, 0.1) is 0 Å². The Morgan fingerprint density at radius 2 is 1.44 bits per heavy atom. The van der Waals surface area contributed by atoms with Crippen molar-refractivity contribution in [2.75, 3.05) is 7.05 Å². The van der Waals surface area contributed by atoms with E-state index in [0.717, 1.165) is 13.1 Å². The number of benzene rings is 2. The fraction of sp³-hybridized carbons (Fsp3) is 0.250. The Labute approximate surface area is 118 Å². The Bertz CT molecular complexity index is 475. The SMILES string of the molecule is Cc1ccccc1CN(C)Cc1ccccc1Br. The van der Waals surface area contributed by atoms with Gasteiger partial charge >= 0.3 is 0 Å². The first-order chi connectivity index (χ1) is 8.66. The van der Waals surface area contributed by atoms with E-state index in [1.54, 1.807) is 0 Å². The van der Waals surface area contributed by atoms with Crippen molar-refractivity contribution in [3.63, 3.8) is 0 Å². The topological polar surface area (TPSA) is 3.24 Å². The summed E-state index contributed by atoms with van der Waals surface area (Å²) in [6.07, 6.45) is 0. The third kappa shape index (κ3) is 3.44. The Hall–Kier alpha value is -1.12. The van der Waals surface area contributed by atoms with E-state index in [2.05, 4.69) is 83.3 Å². The zero-order valence-corrected chi connectivity index (χ0v) is 12.4. The summed E-state index contributed by atoms with van der Waals surface area (Å²) < 4.78 is 1.18. The van der Waals surface area contributed by atoms with Crippen LogP contribution in [0.3, 0.4) is 0 Å². The maximum atomic E-state index is 3.60. The van der Waals surface area contributed by atoms with Gasteiger partial charge in [0.2, 0.25) is 0 Å². The molecule has 1 nitrogen and oxygen atoms in total. The van der Waals surface area contributed by atoms with Crippen molar-refractivity contribution in [2.24, 2.45) is 0 Å². The lowest BCUT2D eigenvalue weighted by molar-refractivity contribution is 0.318. The van der Waals surface area contributed by atoms with Gasteiger partial charge in [0.15, 0.2) is 0 Å². The molecular formula is C16H18BrN. The third-order valence-electron chi connectivity index (χ3n) is 3.10. The Morgan fingerprint density at radius 1 is 0.889 bits per heavy atom. The number of nitrogens with zero attached hydrogens (tertiary/aromatic N) is 1. The molecule has 0 saturated carbocycles. The lowest BCUT2D eigenvalue weighted by Crippen LogP contribution is -2.18. The molecule has 0 amide bonds. The highest BCUT2D eigenvalue weighted by molar-refractivity contribution is 9.10. The minimum absolute atomic E-state index is 0.954. The van der Waals surface area contributed by atoms with Crippen LogP contribution in [-0.4, -0.2) is 11.9 Å². The minimum atomic E-state index is 0.954. The molecule has 0 bridgehead atoms. The summed E-state index contributed by atoms with van der Waals surface area (Å²) in [6, 6.07) is 17.0. The van der Waals surface area contributed by atoms with Gasteiger partial charge in [-0.15, -0.1) is 0 Å². The summed E-state index contributed by atoms with van der Waals surface area (Å²) in [5.74, 6) is 0. The van der Waals surface area contributed by atoms with E-state index < -0.39 is 0 Å². The molecule has 0 radical (unpaired) electrons. The molecule has 94 valence electrons. The van der Waals surface area contributed by atoms with E-state index in [1.165, 1.54) is 21.2 Å². The molecule has 0 atom stereocenters. The molecule has 0 unspecified atom stereocenters. The van der Waals surface area contributed by atoms with Crippen molar-refractivity contribution < 1.29 is 0 Å². The van der Waals surface area contributed by atoms with Crippen LogP contribution in [-0.2, 0) is 13.1 Å². The summed E-state index contributed by atoms with van der Waals surface area (Å²) in [5, 5.41) is 0. The molecule has 0 spiro atoms. The standard InChI is InChI=1S/C16H18BrN/c1-13-7-3-4-8-14(13)11-18(2)12-15-9-5-6-10-16(15)17/h3-10H,11-12H2,1-2H3. The van der Waals surface area contributed by atoms with E-state index in [-0.39, 0.29) is 0 Å². The minimum Gasteiger partial charge on any atom is -0.298 e. The van der Waals surface area contributed by atoms with Gasteiger partial charge in [-0.3, -0.25) is 4.90 Å². The number of aryl methyl sites for hydroxylation is 1. The van der Waals surface area contributed by atoms with Crippen LogP contribution in [0.1, 0.15) is 16.7 Å². The fourth-order valence-corrected chi connectivity index (χ4v) is 2.46. The molecule has 0 aromatic heterocycles. The predicted octanol–water partition coefficient (Wildman–Crippen LogP) is 4.39. The van der Waals surface area contributed by atoms with Crippen molar-refractivity contribution in [3.05, 3.63) is 69.7 Å². The molecule has 0 fully saturated rings. The largest absolute Gasteiger partial charge is 0.298 e. The molecule has 2 rings (SSSR count). The molecule has 2 heteroatoms. The van der Waals surface area contributed by atoms with Gasteiger partial charge in [0.25, 0.3) is 0 Å². The zero-order valence-electron chi connectivity index (χ0n) is 10.9. The van der Waals surface area contributed by atoms with Gasteiger partial charge in [0, 0.05) is 17.6 Å². The van der Waals surface area contributed by atoms with E-state index in [9.17, 15) is 0 Å². The van der Waals surface area contributed by atoms with Crippen LogP contribution in [0.5, 0.6) is 0 Å². The highest BCUT2D eigenvalue weighted by Gasteiger charge is 2.05. The number of hydrogen-bond donors (Lipinski definition) is 0. The molecule has 0 N–H and O–H groups in total. The summed E-state index contributed by atoms with van der Waals surface area (Å²) >= 11 is 3.60. The molecule has 0 aliphatic rings. The van der Waals surface area contributed by atoms with E-state index in [1.807, 2.05) is 0 Å². The second-order valence-electron chi connectivity index (χ2n) is 4.69. The first-order valence-electron chi connectivity index (χ1n) is 6.13. The fourth-order valence-electron chi connectivity index (χ4n) is 2.05. The van der Waals surface area contributed by atoms with Gasteiger partial charge in [-0.1, -0.05) is 58.4 Å². The summed E-state index contributed by atoms with van der Waals surface area (Å²) in [5.41, 5.74) is 4.08. The second-order valence-corrected chi connectivity index (χ2v) is 5.54. The summed E-state index contributed by atoms with van der Waals surface area (Å²) in [6.45, 7) is 4.10. The lowest BCUT2D eigenvalue weighted by Gasteiger charge is -2.18. The van der Waals surface area contributed by atoms with Crippen LogP contribution in [0.2, 0.25) is 0 Å². The normalized spacial score (nSPS) is 10.9. The molecule has 2 aromatic carbocycles. The van der Waals surface area contributed by atoms with Crippen LogP contribution < -0.4 is 0 Å². The molecule has 0 saturated heterocycles. The Kier molecular flexibility index (Phi) is 4.56. The number of hydrogen-bond acceptors (Lipinski definition) is 1.